The molecule has 0 aromatic heterocycles. The number of benzene rings is 1. The Balaban J connectivity index is 2.94. The van der Waals surface area contributed by atoms with E-state index in [2.05, 4.69) is 25.7 Å². The van der Waals surface area contributed by atoms with Crippen molar-refractivity contribution in [2.45, 2.75) is 33.8 Å². The highest BCUT2D eigenvalue weighted by Crippen LogP contribution is 2.23. The van der Waals surface area contributed by atoms with Gasteiger partial charge in [-0.25, -0.2) is 4.39 Å². The summed E-state index contributed by atoms with van der Waals surface area (Å²) in [6, 6.07) is 4.62. The smallest absolute Gasteiger partial charge is 0.123 e. The van der Waals surface area contributed by atoms with Gasteiger partial charge < -0.3 is 10.0 Å². The van der Waals surface area contributed by atoms with Gasteiger partial charge in [0.1, 0.15) is 5.82 Å². The highest BCUT2D eigenvalue weighted by atomic mass is 19.1. The number of aliphatic hydroxyl groups is 1. The third-order valence-corrected chi connectivity index (χ3v) is 3.16. The van der Waals surface area contributed by atoms with E-state index in [1.165, 1.54) is 12.1 Å². The van der Waals surface area contributed by atoms with Gasteiger partial charge in [-0.05, 0) is 31.0 Å². The molecule has 2 nitrogen and oxygen atoms in total. The molecule has 0 aliphatic rings. The number of rotatable bonds is 6. The van der Waals surface area contributed by atoms with Crippen molar-refractivity contribution < 1.29 is 9.50 Å². The van der Waals surface area contributed by atoms with Crippen molar-refractivity contribution in [2.75, 3.05) is 18.0 Å². The van der Waals surface area contributed by atoms with Crippen LogP contribution in [-0.4, -0.2) is 18.2 Å². The molecular weight excluding hydrogens is 217 g/mol. The van der Waals surface area contributed by atoms with Crippen molar-refractivity contribution in [3.8, 4) is 0 Å². The number of nitrogens with zero attached hydrogens (tertiary/aromatic N) is 1. The third kappa shape index (κ3) is 3.70. The fraction of sp³-hybridized carbons (Fsp3) is 0.571. The van der Waals surface area contributed by atoms with Gasteiger partial charge in [0.05, 0.1) is 6.61 Å². The van der Waals surface area contributed by atoms with Gasteiger partial charge >= 0.3 is 0 Å². The molecule has 1 aromatic rings. The Hall–Kier alpha value is -1.09. The van der Waals surface area contributed by atoms with Crippen molar-refractivity contribution in [2.24, 2.45) is 5.92 Å². The van der Waals surface area contributed by atoms with Crippen LogP contribution in [-0.2, 0) is 6.61 Å². The first kappa shape index (κ1) is 14.0. The van der Waals surface area contributed by atoms with E-state index in [0.717, 1.165) is 25.2 Å². The lowest BCUT2D eigenvalue weighted by molar-refractivity contribution is 0.281. The second-order valence-corrected chi connectivity index (χ2v) is 4.48. The summed E-state index contributed by atoms with van der Waals surface area (Å²) in [5.41, 5.74) is 1.60. The van der Waals surface area contributed by atoms with Crippen LogP contribution < -0.4 is 4.90 Å². The molecule has 1 N–H and O–H groups in total. The van der Waals surface area contributed by atoms with E-state index < -0.39 is 0 Å². The molecule has 0 radical (unpaired) electrons. The Bertz CT molecular complexity index is 354. The Morgan fingerprint density at radius 3 is 2.59 bits per heavy atom. The lowest BCUT2D eigenvalue weighted by Crippen LogP contribution is -2.29. The van der Waals surface area contributed by atoms with E-state index in [0.29, 0.717) is 11.5 Å². The molecule has 0 amide bonds. The molecule has 3 heteroatoms. The molecule has 1 atom stereocenters. The fourth-order valence-corrected chi connectivity index (χ4v) is 1.89. The lowest BCUT2D eigenvalue weighted by atomic mass is 10.1. The Morgan fingerprint density at radius 2 is 2.06 bits per heavy atom. The Labute approximate surface area is 103 Å². The molecule has 0 spiro atoms. The maximum atomic E-state index is 13.1. The van der Waals surface area contributed by atoms with Gasteiger partial charge in [0.25, 0.3) is 0 Å². The van der Waals surface area contributed by atoms with Gasteiger partial charge in [-0.1, -0.05) is 20.3 Å². The quantitative estimate of drug-likeness (QED) is 0.824. The first-order chi connectivity index (χ1) is 8.12. The first-order valence-electron chi connectivity index (χ1n) is 6.26. The molecule has 96 valence electrons. The van der Waals surface area contributed by atoms with Crippen molar-refractivity contribution in [1.29, 1.82) is 0 Å². The predicted molar refractivity (Wildman–Crippen MR) is 69.7 cm³/mol. The molecule has 0 aliphatic heterocycles. The molecule has 0 fully saturated rings. The average molecular weight is 239 g/mol. The molecule has 17 heavy (non-hydrogen) atoms. The van der Waals surface area contributed by atoms with Crippen LogP contribution in [0, 0.1) is 11.7 Å². The maximum Gasteiger partial charge on any atom is 0.123 e. The lowest BCUT2D eigenvalue weighted by Gasteiger charge is -2.28. The summed E-state index contributed by atoms with van der Waals surface area (Å²) in [7, 11) is 0. The van der Waals surface area contributed by atoms with Gasteiger partial charge in [-0.3, -0.25) is 0 Å². The average Bonchev–Trinajstić information content (AvgIpc) is 2.35. The van der Waals surface area contributed by atoms with Crippen LogP contribution in [0.5, 0.6) is 0 Å². The molecule has 1 aromatic carbocycles. The van der Waals surface area contributed by atoms with E-state index in [9.17, 15) is 9.50 Å². The van der Waals surface area contributed by atoms with E-state index in [1.54, 1.807) is 6.07 Å². The minimum Gasteiger partial charge on any atom is -0.392 e. The van der Waals surface area contributed by atoms with Crippen LogP contribution in [0.4, 0.5) is 10.1 Å². The zero-order valence-electron chi connectivity index (χ0n) is 10.9. The molecule has 0 saturated heterocycles. The SMILES string of the molecule is CCC(C)CN(CC)c1ccc(F)cc1CO. The van der Waals surface area contributed by atoms with Crippen LogP contribution in [0.15, 0.2) is 18.2 Å². The second-order valence-electron chi connectivity index (χ2n) is 4.48. The molecule has 0 heterocycles. The van der Waals surface area contributed by atoms with Gasteiger partial charge in [0.2, 0.25) is 0 Å². The zero-order chi connectivity index (χ0) is 12.8. The second kappa shape index (κ2) is 6.60. The molecule has 0 aliphatic carbocycles. The van der Waals surface area contributed by atoms with E-state index in [-0.39, 0.29) is 12.4 Å². The summed E-state index contributed by atoms with van der Waals surface area (Å²) >= 11 is 0. The highest BCUT2D eigenvalue weighted by Gasteiger charge is 2.12. The molecule has 0 bridgehead atoms. The van der Waals surface area contributed by atoms with Crippen LogP contribution >= 0.6 is 0 Å². The molecule has 1 unspecified atom stereocenters. The summed E-state index contributed by atoms with van der Waals surface area (Å²) in [5.74, 6) is 0.295. The standard InChI is InChI=1S/C14H22FNO/c1-4-11(3)9-16(5-2)14-7-6-13(15)8-12(14)10-17/h6-8,11,17H,4-5,9-10H2,1-3H3. The molecule has 1 rings (SSSR count). The van der Waals surface area contributed by atoms with Crippen molar-refractivity contribution >= 4 is 5.69 Å². The van der Waals surface area contributed by atoms with Crippen LogP contribution in [0.3, 0.4) is 0 Å². The van der Waals surface area contributed by atoms with E-state index in [1.807, 2.05) is 0 Å². The summed E-state index contributed by atoms with van der Waals surface area (Å²) in [4.78, 5) is 2.19. The van der Waals surface area contributed by atoms with Crippen molar-refractivity contribution in [1.82, 2.24) is 0 Å². The highest BCUT2D eigenvalue weighted by molar-refractivity contribution is 5.53. The van der Waals surface area contributed by atoms with Gasteiger partial charge in [0.15, 0.2) is 0 Å². The minimum atomic E-state index is -0.294. The Kier molecular flexibility index (Phi) is 5.42. The fourth-order valence-electron chi connectivity index (χ4n) is 1.89. The van der Waals surface area contributed by atoms with E-state index >= 15 is 0 Å². The monoisotopic (exact) mass is 239 g/mol. The largest absolute Gasteiger partial charge is 0.392 e. The zero-order valence-corrected chi connectivity index (χ0v) is 10.9. The molecule has 0 saturated carbocycles. The summed E-state index contributed by atoms with van der Waals surface area (Å²) in [6.07, 6.45) is 1.12. The third-order valence-electron chi connectivity index (χ3n) is 3.16. The number of halogens is 1. The Morgan fingerprint density at radius 1 is 1.35 bits per heavy atom. The topological polar surface area (TPSA) is 23.5 Å². The predicted octanol–water partition coefficient (Wildman–Crippen LogP) is 3.19. The summed E-state index contributed by atoms with van der Waals surface area (Å²) < 4.78 is 13.1. The van der Waals surface area contributed by atoms with E-state index in [4.69, 9.17) is 0 Å². The summed E-state index contributed by atoms with van der Waals surface area (Å²) in [5, 5.41) is 9.29. The van der Waals surface area contributed by atoms with Crippen LogP contribution in [0.2, 0.25) is 0 Å². The van der Waals surface area contributed by atoms with Crippen molar-refractivity contribution in [3.63, 3.8) is 0 Å². The van der Waals surface area contributed by atoms with Crippen molar-refractivity contribution in [3.05, 3.63) is 29.6 Å². The first-order valence-corrected chi connectivity index (χ1v) is 6.26. The van der Waals surface area contributed by atoms with Crippen LogP contribution in [0.25, 0.3) is 0 Å². The van der Waals surface area contributed by atoms with Gasteiger partial charge in [-0.15, -0.1) is 0 Å². The van der Waals surface area contributed by atoms with Crippen LogP contribution in [0.1, 0.15) is 32.8 Å². The summed E-state index contributed by atoms with van der Waals surface area (Å²) in [6.45, 7) is 8.12. The maximum absolute atomic E-state index is 13.1. The minimum absolute atomic E-state index is 0.121. The molecular formula is C14H22FNO. The number of aliphatic hydroxyl groups excluding tert-OH is 1. The number of anilines is 1. The number of hydrogen-bond donors (Lipinski definition) is 1. The number of hydrogen-bond acceptors (Lipinski definition) is 2. The van der Waals surface area contributed by atoms with Gasteiger partial charge in [-0.2, -0.15) is 0 Å². The normalized spacial score (nSPS) is 12.5. The van der Waals surface area contributed by atoms with Gasteiger partial charge in [0, 0.05) is 24.3 Å².